The second-order valence-corrected chi connectivity index (χ2v) is 7.91. The average Bonchev–Trinajstić information content (AvgIpc) is 3.39. The third kappa shape index (κ3) is 6.59. The molecule has 1 fully saturated rings. The number of hydrogen-bond acceptors (Lipinski definition) is 5. The first kappa shape index (κ1) is 21.4. The minimum Gasteiger partial charge on any atom is -0.486 e. The molecule has 0 radical (unpaired) electrons. The van der Waals surface area contributed by atoms with Gasteiger partial charge in [0.25, 0.3) is 0 Å². The number of nitrogens with one attached hydrogen (secondary N) is 2. The van der Waals surface area contributed by atoms with Crippen LogP contribution < -0.4 is 20.3 Å². The number of hydrogen-bond donors (Lipinski definition) is 2. The summed E-state index contributed by atoms with van der Waals surface area (Å²) in [6, 6.07) is 6.43. The van der Waals surface area contributed by atoms with E-state index in [4.69, 9.17) is 9.72 Å². The summed E-state index contributed by atoms with van der Waals surface area (Å²) in [6.07, 6.45) is 3.13. The zero-order chi connectivity index (χ0) is 20.5. The van der Waals surface area contributed by atoms with E-state index < -0.39 is 0 Å². The van der Waals surface area contributed by atoms with Gasteiger partial charge in [-0.25, -0.2) is 14.4 Å². The van der Waals surface area contributed by atoms with Gasteiger partial charge in [-0.1, -0.05) is 12.1 Å². The van der Waals surface area contributed by atoms with E-state index in [9.17, 15) is 4.39 Å². The molecule has 1 atom stereocenters. The second-order valence-electron chi connectivity index (χ2n) is 7.07. The lowest BCUT2D eigenvalue weighted by atomic mass is 10.3. The largest absolute Gasteiger partial charge is 0.486 e. The molecule has 0 amide bonds. The minimum atomic E-state index is -0.357. The van der Waals surface area contributed by atoms with Gasteiger partial charge in [0.2, 0.25) is 0 Å². The van der Waals surface area contributed by atoms with Crippen LogP contribution in [0.15, 0.2) is 34.6 Å². The topological polar surface area (TPSA) is 61.8 Å². The minimum absolute atomic E-state index is 0.232. The molecule has 0 spiro atoms. The number of guanidine groups is 1. The molecule has 1 aromatic heterocycles. The van der Waals surface area contributed by atoms with Crippen LogP contribution in [0.25, 0.3) is 0 Å². The van der Waals surface area contributed by atoms with Crippen LogP contribution in [-0.2, 0) is 6.42 Å². The lowest BCUT2D eigenvalue weighted by Crippen LogP contribution is -2.39. The molecule has 1 aliphatic heterocycles. The number of rotatable bonds is 9. The molecular formula is C21H30FN5OS. The van der Waals surface area contributed by atoms with Crippen molar-refractivity contribution in [3.05, 3.63) is 41.2 Å². The molecule has 3 rings (SSSR count). The number of aromatic nitrogens is 1. The first-order chi connectivity index (χ1) is 14.2. The highest BCUT2D eigenvalue weighted by atomic mass is 32.1. The van der Waals surface area contributed by atoms with E-state index in [2.05, 4.69) is 25.9 Å². The lowest BCUT2D eigenvalue weighted by molar-refractivity contribution is 0.220. The molecule has 0 saturated carbocycles. The van der Waals surface area contributed by atoms with Crippen LogP contribution >= 0.6 is 11.3 Å². The van der Waals surface area contributed by atoms with Gasteiger partial charge in [-0.15, -0.1) is 11.3 Å². The third-order valence-corrected chi connectivity index (χ3v) is 5.56. The van der Waals surface area contributed by atoms with Gasteiger partial charge in [-0.2, -0.15) is 0 Å². The second kappa shape index (κ2) is 11.0. The average molecular weight is 420 g/mol. The Morgan fingerprint density at radius 2 is 2.10 bits per heavy atom. The molecule has 6 nitrogen and oxygen atoms in total. The van der Waals surface area contributed by atoms with E-state index in [1.807, 2.05) is 13.8 Å². The number of nitrogens with zero attached hydrogens (tertiary/aromatic N) is 3. The SMILES string of the molecule is CCNC(=NCC(C)Oc1ccccc1F)NCCc1csc(N2CCCC2)n1. The number of aliphatic imine (C=N–C) groups is 1. The molecule has 1 aliphatic rings. The molecule has 1 aromatic carbocycles. The molecule has 0 bridgehead atoms. The van der Waals surface area contributed by atoms with Gasteiger partial charge in [0.15, 0.2) is 22.7 Å². The highest BCUT2D eigenvalue weighted by Gasteiger charge is 2.15. The number of benzene rings is 1. The van der Waals surface area contributed by atoms with Crippen molar-refractivity contribution in [2.75, 3.05) is 37.6 Å². The van der Waals surface area contributed by atoms with E-state index in [1.54, 1.807) is 29.5 Å². The van der Waals surface area contributed by atoms with Crippen LogP contribution in [-0.4, -0.2) is 49.8 Å². The highest BCUT2D eigenvalue weighted by molar-refractivity contribution is 7.13. The van der Waals surface area contributed by atoms with E-state index in [1.165, 1.54) is 18.9 Å². The van der Waals surface area contributed by atoms with E-state index in [0.717, 1.165) is 49.4 Å². The smallest absolute Gasteiger partial charge is 0.191 e. The summed E-state index contributed by atoms with van der Waals surface area (Å²) in [5, 5.41) is 9.85. The van der Waals surface area contributed by atoms with E-state index in [0.29, 0.717) is 6.54 Å². The van der Waals surface area contributed by atoms with Gasteiger partial charge >= 0.3 is 0 Å². The maximum atomic E-state index is 13.7. The summed E-state index contributed by atoms with van der Waals surface area (Å²) in [6.45, 7) is 8.10. The standard InChI is InChI=1S/C21H30FN5OS/c1-3-23-20(25-14-16(2)28-19-9-5-4-8-18(19)22)24-11-10-17-15-29-21(26-17)27-12-6-7-13-27/h4-5,8-9,15-16H,3,6-7,10-14H2,1-2H3,(H2,23,24,25). The summed E-state index contributed by atoms with van der Waals surface area (Å²) in [7, 11) is 0. The molecule has 2 aromatic rings. The zero-order valence-corrected chi connectivity index (χ0v) is 18.0. The van der Waals surface area contributed by atoms with Gasteiger partial charge in [-0.3, -0.25) is 0 Å². The number of anilines is 1. The predicted octanol–water partition coefficient (Wildman–Crippen LogP) is 3.45. The van der Waals surface area contributed by atoms with Gasteiger partial charge in [0.1, 0.15) is 6.10 Å². The van der Waals surface area contributed by atoms with Crippen molar-refractivity contribution in [1.29, 1.82) is 0 Å². The molecule has 8 heteroatoms. The maximum Gasteiger partial charge on any atom is 0.191 e. The lowest BCUT2D eigenvalue weighted by Gasteiger charge is -2.15. The molecule has 2 heterocycles. The molecule has 2 N–H and O–H groups in total. The van der Waals surface area contributed by atoms with Crippen LogP contribution in [0.1, 0.15) is 32.4 Å². The number of thiazole rings is 1. The van der Waals surface area contributed by atoms with Crippen LogP contribution in [0.2, 0.25) is 0 Å². The van der Waals surface area contributed by atoms with Gasteiger partial charge < -0.3 is 20.3 Å². The summed E-state index contributed by atoms with van der Waals surface area (Å²) in [5.41, 5.74) is 1.11. The normalized spacial score (nSPS) is 15.4. The zero-order valence-electron chi connectivity index (χ0n) is 17.2. The Bertz CT molecular complexity index is 791. The Labute approximate surface area is 176 Å². The van der Waals surface area contributed by atoms with Gasteiger partial charge in [0, 0.05) is 38.0 Å². The van der Waals surface area contributed by atoms with Crippen molar-refractivity contribution in [3.8, 4) is 5.75 Å². The summed E-state index contributed by atoms with van der Waals surface area (Å²) < 4.78 is 19.4. The third-order valence-electron chi connectivity index (χ3n) is 4.61. The summed E-state index contributed by atoms with van der Waals surface area (Å²) >= 11 is 1.73. The monoisotopic (exact) mass is 419 g/mol. The molecule has 0 aliphatic carbocycles. The Morgan fingerprint density at radius 1 is 1.31 bits per heavy atom. The number of para-hydroxylation sites is 1. The van der Waals surface area contributed by atoms with Gasteiger partial charge in [0.05, 0.1) is 12.2 Å². The highest BCUT2D eigenvalue weighted by Crippen LogP contribution is 2.24. The fourth-order valence-electron chi connectivity index (χ4n) is 3.13. The first-order valence-corrected chi connectivity index (χ1v) is 11.2. The molecule has 29 heavy (non-hydrogen) atoms. The number of ether oxygens (including phenoxy) is 1. The Hall–Kier alpha value is -2.35. The van der Waals surface area contributed by atoms with Crippen molar-refractivity contribution in [2.45, 2.75) is 39.2 Å². The fourth-order valence-corrected chi connectivity index (χ4v) is 4.04. The number of halogens is 1. The molecule has 158 valence electrons. The van der Waals surface area contributed by atoms with Crippen LogP contribution in [0.3, 0.4) is 0 Å². The molecule has 1 saturated heterocycles. The van der Waals surface area contributed by atoms with E-state index >= 15 is 0 Å². The van der Waals surface area contributed by atoms with Crippen molar-refractivity contribution in [3.63, 3.8) is 0 Å². The quantitative estimate of drug-likeness (QED) is 0.482. The van der Waals surface area contributed by atoms with Crippen molar-refractivity contribution in [2.24, 2.45) is 4.99 Å². The Kier molecular flexibility index (Phi) is 8.10. The summed E-state index contributed by atoms with van der Waals surface area (Å²) in [4.78, 5) is 11.7. The summed E-state index contributed by atoms with van der Waals surface area (Å²) in [5.74, 6) is 0.627. The van der Waals surface area contributed by atoms with Crippen LogP contribution in [0.4, 0.5) is 9.52 Å². The molecule has 1 unspecified atom stereocenters. The van der Waals surface area contributed by atoms with Crippen LogP contribution in [0.5, 0.6) is 5.75 Å². The van der Waals surface area contributed by atoms with Crippen molar-refractivity contribution in [1.82, 2.24) is 15.6 Å². The fraction of sp³-hybridized carbons (Fsp3) is 0.524. The maximum absolute atomic E-state index is 13.7. The molecular weight excluding hydrogens is 389 g/mol. The van der Waals surface area contributed by atoms with Crippen molar-refractivity contribution < 1.29 is 9.13 Å². The Balaban J connectivity index is 1.45. The van der Waals surface area contributed by atoms with Crippen LogP contribution in [0, 0.1) is 5.82 Å². The first-order valence-electron chi connectivity index (χ1n) is 10.3. The van der Waals surface area contributed by atoms with E-state index in [-0.39, 0.29) is 17.7 Å². The van der Waals surface area contributed by atoms with Crippen molar-refractivity contribution >= 4 is 22.4 Å². The Morgan fingerprint density at radius 3 is 2.86 bits per heavy atom. The van der Waals surface area contributed by atoms with Gasteiger partial charge in [-0.05, 0) is 38.8 Å². The predicted molar refractivity (Wildman–Crippen MR) is 118 cm³/mol.